The summed E-state index contributed by atoms with van der Waals surface area (Å²) >= 11 is 0. The van der Waals surface area contributed by atoms with E-state index in [4.69, 9.17) is 9.47 Å². The van der Waals surface area contributed by atoms with E-state index in [1.165, 1.54) is 6.92 Å². The molecule has 1 amide bonds. The molecule has 1 saturated carbocycles. The lowest BCUT2D eigenvalue weighted by Gasteiger charge is -2.47. The van der Waals surface area contributed by atoms with Crippen molar-refractivity contribution in [3.63, 3.8) is 0 Å². The lowest BCUT2D eigenvalue weighted by molar-refractivity contribution is -0.369. The lowest BCUT2D eigenvalue weighted by atomic mass is 9.88. The van der Waals surface area contributed by atoms with E-state index in [1.54, 1.807) is 6.08 Å². The van der Waals surface area contributed by atoms with Crippen LogP contribution in [0.5, 0.6) is 0 Å². The Labute approximate surface area is 248 Å². The maximum atomic E-state index is 11.7. The highest BCUT2D eigenvalue weighted by Gasteiger charge is 2.54. The lowest BCUT2D eigenvalue weighted by Crippen LogP contribution is -2.65. The number of unbranched alkanes of at least 4 members (excludes halogenated alkanes) is 1. The van der Waals surface area contributed by atoms with Gasteiger partial charge in [0, 0.05) is 25.3 Å². The average Bonchev–Trinajstić information content (AvgIpc) is 3.26. The molecule has 10 atom stereocenters. The summed E-state index contributed by atoms with van der Waals surface area (Å²) in [6, 6.07) is 9.89. The van der Waals surface area contributed by atoms with E-state index < -0.39 is 55.1 Å². The van der Waals surface area contributed by atoms with Crippen LogP contribution in [0.3, 0.4) is 0 Å². The monoisotopic (exact) mass is 591 g/mol. The van der Waals surface area contributed by atoms with Gasteiger partial charge in [0.1, 0.15) is 24.4 Å². The predicted molar refractivity (Wildman–Crippen MR) is 157 cm³/mol. The van der Waals surface area contributed by atoms with Crippen LogP contribution in [0.2, 0.25) is 0 Å². The first-order valence-corrected chi connectivity index (χ1v) is 15.1. The van der Waals surface area contributed by atoms with Crippen molar-refractivity contribution in [2.45, 2.75) is 107 Å². The molecule has 42 heavy (non-hydrogen) atoms. The molecule has 0 bridgehead atoms. The van der Waals surface area contributed by atoms with Crippen LogP contribution in [-0.2, 0) is 20.7 Å². The minimum absolute atomic E-state index is 0.0158. The molecule has 10 nitrogen and oxygen atoms in total. The third-order valence-electron chi connectivity index (χ3n) is 8.28. The zero-order chi connectivity index (χ0) is 30.7. The summed E-state index contributed by atoms with van der Waals surface area (Å²) in [4.78, 5) is 11.7. The predicted octanol–water partition coefficient (Wildman–Crippen LogP) is 1.36. The second-order valence-corrected chi connectivity index (χ2v) is 11.5. The van der Waals surface area contributed by atoms with Crippen LogP contribution in [0.25, 0.3) is 0 Å². The Morgan fingerprint density at radius 2 is 1.90 bits per heavy atom. The molecule has 1 saturated heterocycles. The SMILES string of the molecule is CCNC(=O)CCCC=CC[C@@H]1[C@@H](C=C[C@@H](O)CCc2ccccc2)[C@H](O)C[C@@H]1O[C@@]1(C)OC(CO)[C@@H](O)[C@@H](O)C1O. The normalized spacial score (nSPS) is 34.3. The minimum Gasteiger partial charge on any atom is -0.394 e. The molecule has 1 heterocycles. The van der Waals surface area contributed by atoms with Gasteiger partial charge < -0.3 is 45.4 Å². The Bertz CT molecular complexity index is 1000. The number of rotatable bonds is 15. The molecule has 236 valence electrons. The van der Waals surface area contributed by atoms with Crippen LogP contribution in [0, 0.1) is 11.8 Å². The van der Waals surface area contributed by atoms with Crippen LogP contribution < -0.4 is 5.32 Å². The van der Waals surface area contributed by atoms with Gasteiger partial charge in [0.2, 0.25) is 5.91 Å². The highest BCUT2D eigenvalue weighted by Crippen LogP contribution is 2.42. The van der Waals surface area contributed by atoms with E-state index in [0.717, 1.165) is 5.56 Å². The number of aliphatic hydroxyl groups is 6. The van der Waals surface area contributed by atoms with Gasteiger partial charge in [-0.25, -0.2) is 0 Å². The van der Waals surface area contributed by atoms with Crippen molar-refractivity contribution in [3.05, 3.63) is 60.2 Å². The van der Waals surface area contributed by atoms with Crippen LogP contribution in [0.15, 0.2) is 54.6 Å². The van der Waals surface area contributed by atoms with Gasteiger partial charge in [-0.15, -0.1) is 0 Å². The van der Waals surface area contributed by atoms with Crippen molar-refractivity contribution in [2.24, 2.45) is 11.8 Å². The van der Waals surface area contributed by atoms with E-state index in [9.17, 15) is 35.4 Å². The Kier molecular flexibility index (Phi) is 13.6. The van der Waals surface area contributed by atoms with Crippen LogP contribution in [0.1, 0.15) is 57.9 Å². The number of allylic oxidation sites excluding steroid dienone is 2. The van der Waals surface area contributed by atoms with Gasteiger partial charge in [0.15, 0.2) is 5.79 Å². The quantitative estimate of drug-likeness (QED) is 0.118. The summed E-state index contributed by atoms with van der Waals surface area (Å²) < 4.78 is 12.0. The highest BCUT2D eigenvalue weighted by molar-refractivity contribution is 5.75. The first-order chi connectivity index (χ1) is 20.1. The first-order valence-electron chi connectivity index (χ1n) is 15.1. The maximum absolute atomic E-state index is 11.7. The molecule has 10 heteroatoms. The van der Waals surface area contributed by atoms with Crippen molar-refractivity contribution in [2.75, 3.05) is 13.2 Å². The zero-order valence-electron chi connectivity index (χ0n) is 24.7. The van der Waals surface area contributed by atoms with Crippen molar-refractivity contribution < 1.29 is 44.9 Å². The minimum atomic E-state index is -1.74. The van der Waals surface area contributed by atoms with E-state index in [0.29, 0.717) is 45.1 Å². The van der Waals surface area contributed by atoms with Crippen LogP contribution in [-0.4, -0.2) is 98.2 Å². The molecule has 1 aromatic carbocycles. The first kappa shape index (κ1) is 34.3. The molecule has 1 aromatic rings. The van der Waals surface area contributed by atoms with Gasteiger partial charge in [-0.2, -0.15) is 0 Å². The fraction of sp³-hybridized carbons (Fsp3) is 0.656. The van der Waals surface area contributed by atoms with Gasteiger partial charge in [-0.3, -0.25) is 4.79 Å². The van der Waals surface area contributed by atoms with Gasteiger partial charge in [-0.05, 0) is 57.4 Å². The Hall–Kier alpha value is -2.15. The number of carbonyl (C=O) groups is 1. The number of hydrogen-bond donors (Lipinski definition) is 7. The number of carbonyl (C=O) groups excluding carboxylic acids is 1. The second-order valence-electron chi connectivity index (χ2n) is 11.5. The topological polar surface area (TPSA) is 169 Å². The summed E-state index contributed by atoms with van der Waals surface area (Å²) in [6.07, 6.45) is 3.41. The number of benzene rings is 1. The molecule has 2 unspecified atom stereocenters. The largest absolute Gasteiger partial charge is 0.394 e. The number of amides is 1. The highest BCUT2D eigenvalue weighted by atomic mass is 16.7. The van der Waals surface area contributed by atoms with Gasteiger partial charge in [0.25, 0.3) is 0 Å². The summed E-state index contributed by atoms with van der Waals surface area (Å²) in [5.41, 5.74) is 1.13. The maximum Gasteiger partial charge on any atom is 0.219 e. The summed E-state index contributed by atoms with van der Waals surface area (Å²) in [5, 5.41) is 65.4. The van der Waals surface area contributed by atoms with Crippen LogP contribution in [0.4, 0.5) is 0 Å². The van der Waals surface area contributed by atoms with Gasteiger partial charge in [0.05, 0.1) is 24.9 Å². The summed E-state index contributed by atoms with van der Waals surface area (Å²) in [7, 11) is 0. The standard InChI is InChI=1S/C32H49NO9/c1-3-33-28(37)14-10-5-4-9-13-24-23(18-17-22(35)16-15-21-11-7-6-8-12-21)25(36)19-26(24)41-32(2)31(40)30(39)29(38)27(20-34)42-32/h4,6-9,11-12,17-18,22-27,29-31,34-36,38-40H,3,5,10,13-16,19-20H2,1-2H3,(H,33,37)/t22-,23+,24+,25+,26-,27?,29+,30+,31?,32-/m0/s1. The number of hydrogen-bond acceptors (Lipinski definition) is 9. The van der Waals surface area contributed by atoms with Crippen LogP contribution >= 0.6 is 0 Å². The third-order valence-corrected chi connectivity index (χ3v) is 8.28. The van der Waals surface area contributed by atoms with E-state index in [-0.39, 0.29) is 24.2 Å². The molecular weight excluding hydrogens is 542 g/mol. The summed E-state index contributed by atoms with van der Waals surface area (Å²) in [6.45, 7) is 3.35. The number of ether oxygens (including phenoxy) is 2. The number of aliphatic hydroxyl groups excluding tert-OH is 6. The second kappa shape index (κ2) is 16.6. The van der Waals surface area contributed by atoms with Crippen molar-refractivity contribution in [1.82, 2.24) is 5.32 Å². The summed E-state index contributed by atoms with van der Waals surface area (Å²) in [5.74, 6) is -2.35. The molecular formula is C32H49NO9. The van der Waals surface area contributed by atoms with E-state index in [2.05, 4.69) is 5.32 Å². The molecule has 0 spiro atoms. The Morgan fingerprint density at radius 1 is 1.17 bits per heavy atom. The molecule has 2 aliphatic rings. The average molecular weight is 592 g/mol. The number of nitrogens with one attached hydrogen (secondary N) is 1. The zero-order valence-corrected chi connectivity index (χ0v) is 24.7. The van der Waals surface area contributed by atoms with E-state index in [1.807, 2.05) is 55.5 Å². The fourth-order valence-electron chi connectivity index (χ4n) is 5.87. The Balaban J connectivity index is 1.70. The molecule has 2 fully saturated rings. The molecule has 1 aliphatic carbocycles. The number of aryl methyl sites for hydroxylation is 1. The van der Waals surface area contributed by atoms with Crippen molar-refractivity contribution in [3.8, 4) is 0 Å². The molecule has 0 radical (unpaired) electrons. The van der Waals surface area contributed by atoms with Gasteiger partial charge in [-0.1, -0.05) is 54.6 Å². The molecule has 0 aromatic heterocycles. The van der Waals surface area contributed by atoms with Crippen molar-refractivity contribution >= 4 is 5.91 Å². The molecule has 1 aliphatic heterocycles. The van der Waals surface area contributed by atoms with Crippen molar-refractivity contribution in [1.29, 1.82) is 0 Å². The smallest absolute Gasteiger partial charge is 0.219 e. The van der Waals surface area contributed by atoms with E-state index >= 15 is 0 Å². The fourth-order valence-corrected chi connectivity index (χ4v) is 5.87. The molecule has 3 rings (SSSR count). The Morgan fingerprint density at radius 3 is 2.60 bits per heavy atom. The molecule has 7 N–H and O–H groups in total. The third kappa shape index (κ3) is 9.42. The van der Waals surface area contributed by atoms with Gasteiger partial charge >= 0.3 is 0 Å².